The highest BCUT2D eigenvalue weighted by molar-refractivity contribution is 7.91. The molecule has 2 aliphatic heterocycles. The third-order valence-electron chi connectivity index (χ3n) is 5.09. The van der Waals surface area contributed by atoms with Crippen molar-refractivity contribution in [3.63, 3.8) is 0 Å². The number of hydrogen-bond acceptors (Lipinski definition) is 7. The van der Waals surface area contributed by atoms with E-state index in [9.17, 15) is 21.6 Å². The number of nitrogens with two attached hydrogens (primary N) is 1. The van der Waals surface area contributed by atoms with Gasteiger partial charge in [-0.3, -0.25) is 9.69 Å². The first kappa shape index (κ1) is 21.0. The van der Waals surface area contributed by atoms with Crippen molar-refractivity contribution in [1.82, 2.24) is 9.62 Å². The molecule has 156 valence electrons. The Kier molecular flexibility index (Phi) is 6.28. The minimum Gasteiger partial charge on any atom is -0.484 e. The van der Waals surface area contributed by atoms with Crippen LogP contribution in [0.1, 0.15) is 19.3 Å². The van der Waals surface area contributed by atoms with Crippen molar-refractivity contribution >= 4 is 25.8 Å². The lowest BCUT2D eigenvalue weighted by Gasteiger charge is -2.35. The molecule has 3 rings (SSSR count). The van der Waals surface area contributed by atoms with E-state index in [1.54, 1.807) is 0 Å². The largest absolute Gasteiger partial charge is 0.484 e. The highest BCUT2D eigenvalue weighted by atomic mass is 32.2. The number of hydrogen-bond donors (Lipinski definition) is 2. The van der Waals surface area contributed by atoms with E-state index in [1.807, 2.05) is 0 Å². The van der Waals surface area contributed by atoms with Gasteiger partial charge >= 0.3 is 0 Å². The molecule has 0 spiro atoms. The van der Waals surface area contributed by atoms with Gasteiger partial charge in [0.05, 0.1) is 16.4 Å². The topological polar surface area (TPSA) is 136 Å². The van der Waals surface area contributed by atoms with E-state index in [0.29, 0.717) is 38.1 Å². The van der Waals surface area contributed by atoms with Crippen molar-refractivity contribution in [1.29, 1.82) is 0 Å². The molecular formula is C17H25N3O6S2. The molecule has 2 heterocycles. The number of primary amides is 1. The van der Waals surface area contributed by atoms with Crippen molar-refractivity contribution in [2.24, 2.45) is 5.73 Å². The first-order valence-corrected chi connectivity index (χ1v) is 12.4. The fourth-order valence-electron chi connectivity index (χ4n) is 3.60. The maximum Gasteiger partial charge on any atom is 0.255 e. The SMILES string of the molecule is NC(=O)COc1ccc(S(=O)(=O)NC2CCN([C@@H]3CCS(=O)(=O)C3)CC2)cc1. The molecule has 0 unspecified atom stereocenters. The third-order valence-corrected chi connectivity index (χ3v) is 8.38. The first-order valence-electron chi connectivity index (χ1n) is 9.13. The van der Waals surface area contributed by atoms with Crippen LogP contribution in [0.15, 0.2) is 29.2 Å². The molecule has 0 radical (unpaired) electrons. The minimum absolute atomic E-state index is 0.0514. The number of piperidine rings is 1. The average Bonchev–Trinajstić information content (AvgIpc) is 3.00. The average molecular weight is 432 g/mol. The Hall–Kier alpha value is -1.69. The normalized spacial score (nSPS) is 23.5. The van der Waals surface area contributed by atoms with Gasteiger partial charge in [0.1, 0.15) is 5.75 Å². The van der Waals surface area contributed by atoms with Crippen molar-refractivity contribution in [2.75, 3.05) is 31.2 Å². The summed E-state index contributed by atoms with van der Waals surface area (Å²) in [6.07, 6.45) is 1.92. The van der Waals surface area contributed by atoms with Crippen LogP contribution in [0.25, 0.3) is 0 Å². The van der Waals surface area contributed by atoms with E-state index in [-0.39, 0.29) is 35.1 Å². The predicted molar refractivity (Wildman–Crippen MR) is 103 cm³/mol. The third kappa shape index (κ3) is 5.43. The van der Waals surface area contributed by atoms with E-state index in [0.717, 1.165) is 0 Å². The summed E-state index contributed by atoms with van der Waals surface area (Å²) >= 11 is 0. The zero-order valence-electron chi connectivity index (χ0n) is 15.4. The molecule has 2 saturated heterocycles. The van der Waals surface area contributed by atoms with Crippen LogP contribution in [0.4, 0.5) is 0 Å². The van der Waals surface area contributed by atoms with E-state index in [2.05, 4.69) is 9.62 Å². The summed E-state index contributed by atoms with van der Waals surface area (Å²) < 4.78 is 56.3. The summed E-state index contributed by atoms with van der Waals surface area (Å²) in [5.41, 5.74) is 5.00. The molecule has 1 aromatic carbocycles. The summed E-state index contributed by atoms with van der Waals surface area (Å²) in [6, 6.07) is 5.64. The molecule has 0 aliphatic carbocycles. The van der Waals surface area contributed by atoms with Gasteiger partial charge in [-0.2, -0.15) is 0 Å². The van der Waals surface area contributed by atoms with Gasteiger partial charge in [0.25, 0.3) is 5.91 Å². The van der Waals surface area contributed by atoms with Crippen molar-refractivity contribution in [3.05, 3.63) is 24.3 Å². The van der Waals surface area contributed by atoms with Gasteiger partial charge in [0.2, 0.25) is 10.0 Å². The standard InChI is InChI=1S/C17H25N3O6S2/c18-17(21)11-26-15-1-3-16(4-2-15)28(24,25)19-13-5-8-20(9-6-13)14-7-10-27(22,23)12-14/h1-4,13-14,19H,5-12H2,(H2,18,21)/t14-/m1/s1. The van der Waals surface area contributed by atoms with Crippen molar-refractivity contribution in [2.45, 2.75) is 36.2 Å². The lowest BCUT2D eigenvalue weighted by molar-refractivity contribution is -0.119. The molecule has 2 fully saturated rings. The van der Waals surface area contributed by atoms with Crippen LogP contribution in [-0.4, -0.2) is 70.9 Å². The van der Waals surface area contributed by atoms with E-state index in [4.69, 9.17) is 10.5 Å². The lowest BCUT2D eigenvalue weighted by atomic mass is 10.0. The van der Waals surface area contributed by atoms with Crippen LogP contribution in [0.5, 0.6) is 5.75 Å². The molecule has 1 amide bonds. The van der Waals surface area contributed by atoms with Gasteiger partial charge in [-0.25, -0.2) is 21.6 Å². The molecule has 2 aliphatic rings. The Bertz CT molecular complexity index is 907. The van der Waals surface area contributed by atoms with Gasteiger partial charge < -0.3 is 10.5 Å². The number of likely N-dealkylation sites (tertiary alicyclic amines) is 1. The summed E-state index contributed by atoms with van der Waals surface area (Å²) in [5.74, 6) is 0.189. The second-order valence-electron chi connectivity index (χ2n) is 7.21. The number of sulfonamides is 1. The first-order chi connectivity index (χ1) is 13.1. The maximum atomic E-state index is 12.6. The number of carbonyl (C=O) groups is 1. The number of benzene rings is 1. The molecule has 9 nitrogen and oxygen atoms in total. The molecule has 1 aromatic rings. The molecule has 1 atom stereocenters. The van der Waals surface area contributed by atoms with Gasteiger partial charge in [-0.1, -0.05) is 0 Å². The van der Waals surface area contributed by atoms with Gasteiger partial charge in [-0.15, -0.1) is 0 Å². The Morgan fingerprint density at radius 2 is 1.82 bits per heavy atom. The molecular weight excluding hydrogens is 406 g/mol. The Morgan fingerprint density at radius 3 is 2.36 bits per heavy atom. The van der Waals surface area contributed by atoms with Gasteiger partial charge in [0, 0.05) is 12.1 Å². The summed E-state index contributed by atoms with van der Waals surface area (Å²) in [5, 5.41) is 0. The van der Waals surface area contributed by atoms with Crippen LogP contribution < -0.4 is 15.2 Å². The maximum absolute atomic E-state index is 12.6. The fraction of sp³-hybridized carbons (Fsp3) is 0.588. The van der Waals surface area contributed by atoms with Crippen molar-refractivity contribution in [3.8, 4) is 5.75 Å². The van der Waals surface area contributed by atoms with Gasteiger partial charge in [-0.05, 0) is 56.6 Å². The monoisotopic (exact) mass is 431 g/mol. The number of sulfone groups is 1. The van der Waals surface area contributed by atoms with Crippen LogP contribution in [0.2, 0.25) is 0 Å². The number of carbonyl (C=O) groups excluding carboxylic acids is 1. The quantitative estimate of drug-likeness (QED) is 0.593. The second kappa shape index (κ2) is 8.36. The van der Waals surface area contributed by atoms with E-state index in [1.165, 1.54) is 24.3 Å². The summed E-state index contributed by atoms with van der Waals surface area (Å²) in [4.78, 5) is 13.0. The number of nitrogens with one attached hydrogen (secondary N) is 1. The van der Waals surface area contributed by atoms with Crippen molar-refractivity contribution < 1.29 is 26.4 Å². The molecule has 28 heavy (non-hydrogen) atoms. The molecule has 3 N–H and O–H groups in total. The minimum atomic E-state index is -3.67. The second-order valence-corrected chi connectivity index (χ2v) is 11.2. The highest BCUT2D eigenvalue weighted by Gasteiger charge is 2.34. The zero-order chi connectivity index (χ0) is 20.4. The Balaban J connectivity index is 1.53. The molecule has 0 saturated carbocycles. The summed E-state index contributed by atoms with van der Waals surface area (Å²) in [7, 11) is -6.60. The summed E-state index contributed by atoms with van der Waals surface area (Å²) in [6.45, 7) is 1.08. The zero-order valence-corrected chi connectivity index (χ0v) is 17.0. The smallest absolute Gasteiger partial charge is 0.255 e. The number of amides is 1. The fourth-order valence-corrected chi connectivity index (χ4v) is 6.67. The van der Waals surface area contributed by atoms with Crippen LogP contribution in [0, 0.1) is 0 Å². The Morgan fingerprint density at radius 1 is 1.18 bits per heavy atom. The highest BCUT2D eigenvalue weighted by Crippen LogP contribution is 2.23. The van der Waals surface area contributed by atoms with E-state index >= 15 is 0 Å². The Labute approximate surface area is 165 Å². The molecule has 0 aromatic heterocycles. The van der Waals surface area contributed by atoms with Crippen LogP contribution >= 0.6 is 0 Å². The van der Waals surface area contributed by atoms with Gasteiger partial charge in [0.15, 0.2) is 16.4 Å². The predicted octanol–water partition coefficient (Wildman–Crippen LogP) is -0.519. The molecule has 11 heteroatoms. The van der Waals surface area contributed by atoms with Crippen LogP contribution in [0.3, 0.4) is 0 Å². The molecule has 0 bridgehead atoms. The number of rotatable bonds is 7. The number of ether oxygens (including phenoxy) is 1. The van der Waals surface area contributed by atoms with E-state index < -0.39 is 25.8 Å². The lowest BCUT2D eigenvalue weighted by Crippen LogP contribution is -2.48. The number of nitrogens with zero attached hydrogens (tertiary/aromatic N) is 1. The van der Waals surface area contributed by atoms with Crippen LogP contribution in [-0.2, 0) is 24.7 Å².